The van der Waals surface area contributed by atoms with Crippen molar-refractivity contribution in [3.05, 3.63) is 6.20 Å². The van der Waals surface area contributed by atoms with Crippen molar-refractivity contribution in [1.29, 1.82) is 0 Å². The van der Waals surface area contributed by atoms with Gasteiger partial charge in [-0.3, -0.25) is 4.84 Å². The summed E-state index contributed by atoms with van der Waals surface area (Å²) in [6.45, 7) is 0. The highest BCUT2D eigenvalue weighted by atomic mass is 16.6. The number of aromatic amines is 1. The molecule has 0 aromatic carbocycles. The molecule has 0 amide bonds. The number of aromatic nitrogens is 4. The molecule has 4 N–H and O–H groups in total. The number of hydrogen-bond acceptors (Lipinski definition) is 6. The van der Waals surface area contributed by atoms with Gasteiger partial charge in [-0.05, 0) is 0 Å². The van der Waals surface area contributed by atoms with Crippen molar-refractivity contribution in [1.82, 2.24) is 19.9 Å². The molecule has 13 heavy (non-hydrogen) atoms. The van der Waals surface area contributed by atoms with E-state index in [-0.39, 0.29) is 5.95 Å². The standard InChI is InChI=1S/C6H8N6O/c1-13-12-6-9-3-2-8-5(7)10-4(3)11-6/h2H,1H3,(H4,7,8,9,10,11,12). The van der Waals surface area contributed by atoms with Gasteiger partial charge in [0.15, 0.2) is 5.65 Å². The van der Waals surface area contributed by atoms with Crippen LogP contribution in [-0.2, 0) is 4.84 Å². The zero-order valence-electron chi connectivity index (χ0n) is 6.90. The highest BCUT2D eigenvalue weighted by Crippen LogP contribution is 2.10. The van der Waals surface area contributed by atoms with Gasteiger partial charge >= 0.3 is 0 Å². The Morgan fingerprint density at radius 3 is 3.15 bits per heavy atom. The second kappa shape index (κ2) is 2.87. The first-order valence-corrected chi connectivity index (χ1v) is 3.57. The summed E-state index contributed by atoms with van der Waals surface area (Å²) < 4.78 is 0. The van der Waals surface area contributed by atoms with Gasteiger partial charge in [0.25, 0.3) is 0 Å². The van der Waals surface area contributed by atoms with Crippen molar-refractivity contribution in [3.63, 3.8) is 0 Å². The topological polar surface area (TPSA) is 102 Å². The molecule has 7 nitrogen and oxygen atoms in total. The van der Waals surface area contributed by atoms with Gasteiger partial charge < -0.3 is 10.7 Å². The Labute approximate surface area is 73.3 Å². The van der Waals surface area contributed by atoms with Crippen molar-refractivity contribution in [2.75, 3.05) is 18.3 Å². The largest absolute Gasteiger partial charge is 0.368 e. The molecule has 0 atom stereocenters. The monoisotopic (exact) mass is 180 g/mol. The lowest BCUT2D eigenvalue weighted by Crippen LogP contribution is -1.96. The summed E-state index contributed by atoms with van der Waals surface area (Å²) in [6, 6.07) is 0. The minimum absolute atomic E-state index is 0.197. The van der Waals surface area contributed by atoms with E-state index in [9.17, 15) is 0 Å². The van der Waals surface area contributed by atoms with Crippen LogP contribution in [0.2, 0.25) is 0 Å². The lowest BCUT2D eigenvalue weighted by molar-refractivity contribution is 0.267. The van der Waals surface area contributed by atoms with E-state index in [1.165, 1.54) is 7.11 Å². The number of imidazole rings is 1. The second-order valence-corrected chi connectivity index (χ2v) is 2.36. The van der Waals surface area contributed by atoms with Crippen LogP contribution in [0.1, 0.15) is 0 Å². The molecule has 0 saturated carbocycles. The smallest absolute Gasteiger partial charge is 0.227 e. The zero-order valence-corrected chi connectivity index (χ0v) is 6.90. The van der Waals surface area contributed by atoms with E-state index < -0.39 is 0 Å². The van der Waals surface area contributed by atoms with Gasteiger partial charge in [-0.1, -0.05) is 0 Å². The third kappa shape index (κ3) is 1.36. The Hall–Kier alpha value is -1.89. The van der Waals surface area contributed by atoms with Gasteiger partial charge in [-0.25, -0.2) is 10.5 Å². The van der Waals surface area contributed by atoms with Crippen LogP contribution in [0.4, 0.5) is 11.9 Å². The summed E-state index contributed by atoms with van der Waals surface area (Å²) in [7, 11) is 1.49. The molecule has 0 radical (unpaired) electrons. The van der Waals surface area contributed by atoms with Gasteiger partial charge in [-0.2, -0.15) is 9.97 Å². The van der Waals surface area contributed by atoms with Crippen molar-refractivity contribution in [3.8, 4) is 0 Å². The van der Waals surface area contributed by atoms with Gasteiger partial charge in [0.1, 0.15) is 5.52 Å². The minimum atomic E-state index is 0.197. The van der Waals surface area contributed by atoms with Crippen LogP contribution in [0, 0.1) is 0 Å². The third-order valence-corrected chi connectivity index (χ3v) is 1.46. The van der Waals surface area contributed by atoms with E-state index in [2.05, 4.69) is 30.3 Å². The van der Waals surface area contributed by atoms with Crippen molar-refractivity contribution < 1.29 is 4.84 Å². The molecule has 0 unspecified atom stereocenters. The van der Waals surface area contributed by atoms with E-state index in [0.29, 0.717) is 17.1 Å². The van der Waals surface area contributed by atoms with Gasteiger partial charge in [0.05, 0.1) is 13.3 Å². The number of hydrogen-bond donors (Lipinski definition) is 3. The van der Waals surface area contributed by atoms with Gasteiger partial charge in [0.2, 0.25) is 11.9 Å². The van der Waals surface area contributed by atoms with E-state index in [0.717, 1.165) is 0 Å². The number of fused-ring (bicyclic) bond motifs is 1. The van der Waals surface area contributed by atoms with Gasteiger partial charge in [-0.15, -0.1) is 0 Å². The molecule has 0 aliphatic heterocycles. The Kier molecular flexibility index (Phi) is 1.71. The Balaban J connectivity index is 2.49. The molecule has 2 rings (SSSR count). The zero-order chi connectivity index (χ0) is 9.26. The normalized spacial score (nSPS) is 10.5. The van der Waals surface area contributed by atoms with Crippen LogP contribution in [0.25, 0.3) is 11.2 Å². The lowest BCUT2D eigenvalue weighted by Gasteiger charge is -1.93. The number of anilines is 2. The minimum Gasteiger partial charge on any atom is -0.368 e. The maximum Gasteiger partial charge on any atom is 0.227 e. The SMILES string of the molecule is CONc1nc2nc(N)ncc2[nH]1. The molecular formula is C6H8N6O. The van der Waals surface area contributed by atoms with E-state index in [1.807, 2.05) is 0 Å². The summed E-state index contributed by atoms with van der Waals surface area (Å²) in [5.74, 6) is 0.667. The van der Waals surface area contributed by atoms with Crippen LogP contribution in [-0.4, -0.2) is 27.0 Å². The Bertz CT molecular complexity index is 424. The number of H-pyrrole nitrogens is 1. The third-order valence-electron chi connectivity index (χ3n) is 1.46. The first-order valence-electron chi connectivity index (χ1n) is 3.57. The molecule has 2 aromatic rings. The fourth-order valence-electron chi connectivity index (χ4n) is 0.966. The molecule has 0 spiro atoms. The molecule has 0 aliphatic carbocycles. The van der Waals surface area contributed by atoms with Crippen LogP contribution in [0.3, 0.4) is 0 Å². The summed E-state index contributed by atoms with van der Waals surface area (Å²) in [5.41, 5.74) is 9.13. The molecule has 0 aliphatic rings. The molecule has 2 heterocycles. The average Bonchev–Trinajstić information content (AvgIpc) is 2.46. The van der Waals surface area contributed by atoms with E-state index in [1.54, 1.807) is 6.20 Å². The summed E-state index contributed by atoms with van der Waals surface area (Å²) in [4.78, 5) is 19.3. The molecule has 0 fully saturated rings. The first kappa shape index (κ1) is 7.74. The quantitative estimate of drug-likeness (QED) is 0.558. The Morgan fingerprint density at radius 1 is 1.54 bits per heavy atom. The maximum absolute atomic E-state index is 5.38. The van der Waals surface area contributed by atoms with Gasteiger partial charge in [0, 0.05) is 0 Å². The first-order chi connectivity index (χ1) is 6.29. The van der Waals surface area contributed by atoms with E-state index in [4.69, 9.17) is 5.73 Å². The van der Waals surface area contributed by atoms with E-state index >= 15 is 0 Å². The summed E-state index contributed by atoms with van der Waals surface area (Å²) >= 11 is 0. The fraction of sp³-hybridized carbons (Fsp3) is 0.167. The van der Waals surface area contributed by atoms with Crippen LogP contribution < -0.4 is 11.2 Å². The highest BCUT2D eigenvalue weighted by Gasteiger charge is 2.03. The highest BCUT2D eigenvalue weighted by molar-refractivity contribution is 5.72. The summed E-state index contributed by atoms with van der Waals surface area (Å²) in [6.07, 6.45) is 1.56. The molecule has 2 aromatic heterocycles. The Morgan fingerprint density at radius 2 is 2.38 bits per heavy atom. The lowest BCUT2D eigenvalue weighted by atomic mass is 10.6. The molecule has 0 saturated heterocycles. The maximum atomic E-state index is 5.38. The number of nitrogens with one attached hydrogen (secondary N) is 2. The molecule has 0 bridgehead atoms. The summed E-state index contributed by atoms with van der Waals surface area (Å²) in [5, 5.41) is 0. The van der Waals surface area contributed by atoms with Crippen LogP contribution in [0.5, 0.6) is 0 Å². The average molecular weight is 180 g/mol. The predicted octanol–water partition coefficient (Wildman–Crippen LogP) is -0.0916. The number of rotatable bonds is 2. The van der Waals surface area contributed by atoms with Crippen LogP contribution >= 0.6 is 0 Å². The van der Waals surface area contributed by atoms with Crippen molar-refractivity contribution in [2.24, 2.45) is 0 Å². The molecule has 7 heteroatoms. The predicted molar refractivity (Wildman–Crippen MR) is 46.7 cm³/mol. The molecule has 68 valence electrons. The number of nitrogen functional groups attached to an aromatic ring is 1. The fourth-order valence-corrected chi connectivity index (χ4v) is 0.966. The van der Waals surface area contributed by atoms with Crippen molar-refractivity contribution >= 4 is 23.1 Å². The van der Waals surface area contributed by atoms with Crippen molar-refractivity contribution in [2.45, 2.75) is 0 Å². The van der Waals surface area contributed by atoms with Crippen LogP contribution in [0.15, 0.2) is 6.20 Å². The number of nitrogens with two attached hydrogens (primary N) is 1. The number of nitrogens with zero attached hydrogens (tertiary/aromatic N) is 3. The second-order valence-electron chi connectivity index (χ2n) is 2.36. The molecular weight excluding hydrogens is 172 g/mol.